The number of aromatic nitrogens is 4. The third-order valence-electron chi connectivity index (χ3n) is 4.54. The summed E-state index contributed by atoms with van der Waals surface area (Å²) in [6.07, 6.45) is 0. The van der Waals surface area contributed by atoms with Crippen LogP contribution in [0.5, 0.6) is 0 Å². The molecule has 5 rings (SSSR count). The lowest BCUT2D eigenvalue weighted by atomic mass is 10.2. The summed E-state index contributed by atoms with van der Waals surface area (Å²) in [4.78, 5) is 9.89. The molecule has 0 radical (unpaired) electrons. The van der Waals surface area contributed by atoms with Crippen LogP contribution >= 0.6 is 0 Å². The van der Waals surface area contributed by atoms with Gasteiger partial charge in [-0.25, -0.2) is 9.97 Å². The molecule has 0 saturated heterocycles. The molecule has 3 aromatic heterocycles. The fourth-order valence-electron chi connectivity index (χ4n) is 3.41. The number of hydrogen-bond acceptors (Lipinski definition) is 2. The lowest BCUT2D eigenvalue weighted by Gasteiger charge is -1.98. The third kappa shape index (κ3) is 1.27. The van der Waals surface area contributed by atoms with Crippen molar-refractivity contribution in [1.29, 1.82) is 0 Å². The minimum atomic E-state index is 0.935. The van der Waals surface area contributed by atoms with Crippen molar-refractivity contribution < 1.29 is 0 Å². The normalized spacial score (nSPS) is 12.1. The average Bonchev–Trinajstić information content (AvgIpc) is 3.01. The molecule has 22 heavy (non-hydrogen) atoms. The van der Waals surface area contributed by atoms with E-state index in [1.807, 2.05) is 0 Å². The van der Waals surface area contributed by atoms with Crippen molar-refractivity contribution in [2.45, 2.75) is 0 Å². The Morgan fingerprint density at radius 1 is 0.636 bits per heavy atom. The minimum absolute atomic E-state index is 0.935. The van der Waals surface area contributed by atoms with Gasteiger partial charge >= 0.3 is 0 Å². The fraction of sp³-hybridized carbons (Fsp3) is 0.111. The minimum Gasteiger partial charge on any atom is -0.327 e. The van der Waals surface area contributed by atoms with Gasteiger partial charge in [-0.05, 0) is 12.1 Å². The number of aryl methyl sites for hydroxylation is 2. The lowest BCUT2D eigenvalue weighted by Crippen LogP contribution is -1.93. The highest BCUT2D eigenvalue weighted by Crippen LogP contribution is 2.31. The summed E-state index contributed by atoms with van der Waals surface area (Å²) < 4.78 is 4.25. The molecule has 4 nitrogen and oxygen atoms in total. The van der Waals surface area contributed by atoms with Crippen LogP contribution in [-0.2, 0) is 14.1 Å². The van der Waals surface area contributed by atoms with Crippen molar-refractivity contribution in [3.05, 3.63) is 48.5 Å². The van der Waals surface area contributed by atoms with Crippen molar-refractivity contribution >= 4 is 44.1 Å². The Morgan fingerprint density at radius 2 is 1.05 bits per heavy atom. The van der Waals surface area contributed by atoms with Gasteiger partial charge in [0, 0.05) is 24.9 Å². The van der Waals surface area contributed by atoms with Crippen molar-refractivity contribution in [1.82, 2.24) is 19.1 Å². The zero-order valence-electron chi connectivity index (χ0n) is 12.4. The van der Waals surface area contributed by atoms with E-state index in [1.165, 1.54) is 0 Å². The summed E-state index contributed by atoms with van der Waals surface area (Å²) in [7, 11) is 4.10. The van der Waals surface area contributed by atoms with E-state index in [0.29, 0.717) is 0 Å². The van der Waals surface area contributed by atoms with Crippen LogP contribution in [0.1, 0.15) is 0 Å². The second-order valence-electron chi connectivity index (χ2n) is 5.72. The van der Waals surface area contributed by atoms with Crippen molar-refractivity contribution in [2.24, 2.45) is 14.1 Å². The Bertz CT molecular complexity index is 1100. The van der Waals surface area contributed by atoms with Crippen LogP contribution in [0.4, 0.5) is 0 Å². The van der Waals surface area contributed by atoms with Crippen molar-refractivity contribution in [2.75, 3.05) is 0 Å². The van der Waals surface area contributed by atoms with E-state index in [2.05, 4.69) is 71.8 Å². The van der Waals surface area contributed by atoms with Crippen LogP contribution in [0.15, 0.2) is 48.5 Å². The molecule has 0 amide bonds. The van der Waals surface area contributed by atoms with Crippen LogP contribution in [0.3, 0.4) is 0 Å². The molecule has 0 unspecified atom stereocenters. The number of para-hydroxylation sites is 2. The smallest absolute Gasteiger partial charge is 0.160 e. The van der Waals surface area contributed by atoms with Gasteiger partial charge in [0.1, 0.15) is 11.0 Å². The molecular weight excluding hydrogens is 272 g/mol. The number of nitrogens with zero attached hydrogens (tertiary/aromatic N) is 4. The van der Waals surface area contributed by atoms with Gasteiger partial charge in [-0.1, -0.05) is 36.4 Å². The highest BCUT2D eigenvalue weighted by Gasteiger charge is 2.16. The summed E-state index contributed by atoms with van der Waals surface area (Å²) in [6.45, 7) is 0. The highest BCUT2D eigenvalue weighted by atomic mass is 15.1. The first-order valence-corrected chi connectivity index (χ1v) is 7.34. The molecule has 0 fully saturated rings. The van der Waals surface area contributed by atoms with Crippen molar-refractivity contribution in [3.8, 4) is 0 Å². The molecule has 3 heterocycles. The molecular formula is C18H14N4. The highest BCUT2D eigenvalue weighted by molar-refractivity contribution is 6.11. The Labute approximate surface area is 126 Å². The monoisotopic (exact) mass is 286 g/mol. The second kappa shape index (κ2) is 3.85. The first-order chi connectivity index (χ1) is 10.8. The van der Waals surface area contributed by atoms with Gasteiger partial charge in [-0.2, -0.15) is 0 Å². The molecule has 0 aliphatic carbocycles. The van der Waals surface area contributed by atoms with E-state index in [0.717, 1.165) is 44.1 Å². The summed E-state index contributed by atoms with van der Waals surface area (Å²) in [6, 6.07) is 16.7. The van der Waals surface area contributed by atoms with Gasteiger partial charge in [-0.15, -0.1) is 0 Å². The molecule has 0 atom stereocenters. The van der Waals surface area contributed by atoms with E-state index in [4.69, 9.17) is 9.97 Å². The SMILES string of the molecule is Cn1c2ccccc2c2nc3c(nc21)c1ccccc1n3C. The first kappa shape index (κ1) is 11.7. The lowest BCUT2D eigenvalue weighted by molar-refractivity contribution is 0.977. The zero-order valence-corrected chi connectivity index (χ0v) is 12.4. The van der Waals surface area contributed by atoms with Crippen LogP contribution in [0.2, 0.25) is 0 Å². The van der Waals surface area contributed by atoms with Gasteiger partial charge in [-0.3, -0.25) is 0 Å². The number of hydrogen-bond donors (Lipinski definition) is 0. The quantitative estimate of drug-likeness (QED) is 0.434. The molecule has 0 aliphatic heterocycles. The van der Waals surface area contributed by atoms with E-state index in [-0.39, 0.29) is 0 Å². The largest absolute Gasteiger partial charge is 0.327 e. The number of fused-ring (bicyclic) bond motifs is 6. The Hall–Kier alpha value is -2.88. The van der Waals surface area contributed by atoms with Crippen LogP contribution in [0.25, 0.3) is 44.1 Å². The molecule has 0 aliphatic rings. The van der Waals surface area contributed by atoms with Crippen LogP contribution < -0.4 is 0 Å². The Balaban J connectivity index is 2.10. The Kier molecular flexibility index (Phi) is 2.06. The summed E-state index contributed by atoms with van der Waals surface area (Å²) >= 11 is 0. The van der Waals surface area contributed by atoms with E-state index in [1.54, 1.807) is 0 Å². The predicted molar refractivity (Wildman–Crippen MR) is 90.0 cm³/mol. The summed E-state index contributed by atoms with van der Waals surface area (Å²) in [5, 5.41) is 2.30. The van der Waals surface area contributed by atoms with Gasteiger partial charge in [0.05, 0.1) is 11.0 Å². The third-order valence-corrected chi connectivity index (χ3v) is 4.54. The maximum atomic E-state index is 4.94. The molecule has 4 heteroatoms. The first-order valence-electron chi connectivity index (χ1n) is 7.34. The fourth-order valence-corrected chi connectivity index (χ4v) is 3.41. The maximum Gasteiger partial charge on any atom is 0.160 e. The van der Waals surface area contributed by atoms with Crippen molar-refractivity contribution in [3.63, 3.8) is 0 Å². The van der Waals surface area contributed by atoms with Gasteiger partial charge in [0.15, 0.2) is 11.3 Å². The van der Waals surface area contributed by atoms with E-state index in [9.17, 15) is 0 Å². The topological polar surface area (TPSA) is 35.6 Å². The number of benzene rings is 2. The summed E-state index contributed by atoms with van der Waals surface area (Å²) in [5.74, 6) is 0. The van der Waals surface area contributed by atoms with E-state index >= 15 is 0 Å². The zero-order chi connectivity index (χ0) is 14.8. The predicted octanol–water partition coefficient (Wildman–Crippen LogP) is 3.77. The van der Waals surface area contributed by atoms with Gasteiger partial charge in [0.25, 0.3) is 0 Å². The second-order valence-corrected chi connectivity index (χ2v) is 5.72. The molecule has 2 aromatic carbocycles. The van der Waals surface area contributed by atoms with Crippen LogP contribution in [-0.4, -0.2) is 19.1 Å². The maximum absolute atomic E-state index is 4.94. The standard InChI is InChI=1S/C18H14N4/c1-21-13-9-5-3-7-11(13)15-17(21)19-16-12-8-4-6-10-14(12)22(2)18(16)20-15/h3-10H,1-2H3. The van der Waals surface area contributed by atoms with E-state index < -0.39 is 0 Å². The molecule has 0 spiro atoms. The molecule has 106 valence electrons. The van der Waals surface area contributed by atoms with Gasteiger partial charge in [0.2, 0.25) is 0 Å². The molecule has 5 aromatic rings. The Morgan fingerprint density at radius 3 is 1.50 bits per heavy atom. The van der Waals surface area contributed by atoms with Crippen LogP contribution in [0, 0.1) is 0 Å². The molecule has 0 bridgehead atoms. The average molecular weight is 286 g/mol. The molecule has 0 saturated carbocycles. The summed E-state index contributed by atoms with van der Waals surface area (Å²) in [5.41, 5.74) is 6.14. The van der Waals surface area contributed by atoms with Gasteiger partial charge < -0.3 is 9.13 Å². The number of rotatable bonds is 0. The molecule has 0 N–H and O–H groups in total.